The lowest BCUT2D eigenvalue weighted by Gasteiger charge is -2.32. The highest BCUT2D eigenvalue weighted by atomic mass is 32.2. The molecular formula is C16H26N2O2S. The average Bonchev–Trinajstić information content (AvgIpc) is 2.37. The molecule has 0 spiro atoms. The maximum absolute atomic E-state index is 12.6. The zero-order valence-electron chi connectivity index (χ0n) is 13.3. The van der Waals surface area contributed by atoms with E-state index in [-0.39, 0.29) is 6.04 Å². The first-order valence-corrected chi connectivity index (χ1v) is 9.08. The van der Waals surface area contributed by atoms with Gasteiger partial charge >= 0.3 is 0 Å². The molecule has 0 aliphatic heterocycles. The van der Waals surface area contributed by atoms with Crippen molar-refractivity contribution in [2.24, 2.45) is 11.8 Å². The fraction of sp³-hybridized carbons (Fsp3) is 0.625. The summed E-state index contributed by atoms with van der Waals surface area (Å²) in [4.78, 5) is 0.311. The normalized spacial score (nSPS) is 26.8. The van der Waals surface area contributed by atoms with Crippen molar-refractivity contribution in [1.82, 2.24) is 4.72 Å². The van der Waals surface area contributed by atoms with Crippen LogP contribution in [0.25, 0.3) is 0 Å². The summed E-state index contributed by atoms with van der Waals surface area (Å²) >= 11 is 0. The molecule has 0 bridgehead atoms. The summed E-state index contributed by atoms with van der Waals surface area (Å²) < 4.78 is 28.2. The van der Waals surface area contributed by atoms with Gasteiger partial charge in [0.05, 0.1) is 4.90 Å². The second kappa shape index (κ2) is 5.97. The van der Waals surface area contributed by atoms with Crippen molar-refractivity contribution in [3.8, 4) is 0 Å². The van der Waals surface area contributed by atoms with Crippen LogP contribution in [-0.2, 0) is 10.0 Å². The highest BCUT2D eigenvalue weighted by Crippen LogP contribution is 2.31. The Kier molecular flexibility index (Phi) is 4.63. The molecule has 1 aromatic carbocycles. The SMILES string of the molecule is Cc1cc(N)c(C)c(S(=O)(=O)NC2CCC(C)C(C)C2)c1. The topological polar surface area (TPSA) is 72.2 Å². The first-order chi connectivity index (χ1) is 9.70. The van der Waals surface area contributed by atoms with E-state index >= 15 is 0 Å². The molecule has 0 radical (unpaired) electrons. The molecule has 2 rings (SSSR count). The third-order valence-corrected chi connectivity index (χ3v) is 6.40. The van der Waals surface area contributed by atoms with E-state index in [4.69, 9.17) is 5.73 Å². The van der Waals surface area contributed by atoms with Crippen LogP contribution in [0, 0.1) is 25.7 Å². The number of benzene rings is 1. The van der Waals surface area contributed by atoms with Gasteiger partial charge in [0.25, 0.3) is 0 Å². The van der Waals surface area contributed by atoms with Crippen LogP contribution in [0.15, 0.2) is 17.0 Å². The van der Waals surface area contributed by atoms with Crippen molar-refractivity contribution < 1.29 is 8.42 Å². The number of hydrogen-bond acceptors (Lipinski definition) is 3. The van der Waals surface area contributed by atoms with Crippen LogP contribution in [-0.4, -0.2) is 14.5 Å². The molecule has 3 atom stereocenters. The van der Waals surface area contributed by atoms with E-state index in [0.29, 0.717) is 28.0 Å². The van der Waals surface area contributed by atoms with Crippen molar-refractivity contribution in [2.75, 3.05) is 5.73 Å². The van der Waals surface area contributed by atoms with Crippen molar-refractivity contribution in [1.29, 1.82) is 0 Å². The van der Waals surface area contributed by atoms with Gasteiger partial charge < -0.3 is 5.73 Å². The van der Waals surface area contributed by atoms with Crippen LogP contribution in [0.5, 0.6) is 0 Å². The number of nitrogen functional groups attached to an aromatic ring is 1. The van der Waals surface area contributed by atoms with Crippen LogP contribution >= 0.6 is 0 Å². The minimum atomic E-state index is -3.51. The monoisotopic (exact) mass is 310 g/mol. The summed E-state index contributed by atoms with van der Waals surface area (Å²) in [5.74, 6) is 1.22. The Morgan fingerprint density at radius 1 is 1.14 bits per heavy atom. The molecule has 0 aromatic heterocycles. The molecule has 1 aromatic rings. The fourth-order valence-corrected chi connectivity index (χ4v) is 4.71. The summed E-state index contributed by atoms with van der Waals surface area (Å²) in [5.41, 5.74) is 7.92. The maximum Gasteiger partial charge on any atom is 0.241 e. The molecule has 1 aliphatic carbocycles. The lowest BCUT2D eigenvalue weighted by Crippen LogP contribution is -2.40. The molecule has 3 unspecified atom stereocenters. The number of hydrogen-bond donors (Lipinski definition) is 2. The van der Waals surface area contributed by atoms with E-state index in [1.54, 1.807) is 19.1 Å². The molecule has 1 saturated carbocycles. The smallest absolute Gasteiger partial charge is 0.241 e. The molecule has 0 amide bonds. The predicted molar refractivity (Wildman–Crippen MR) is 86.6 cm³/mol. The molecule has 21 heavy (non-hydrogen) atoms. The Bertz CT molecular complexity index is 625. The van der Waals surface area contributed by atoms with Gasteiger partial charge in [-0.3, -0.25) is 0 Å². The third kappa shape index (κ3) is 3.58. The number of sulfonamides is 1. The third-order valence-electron chi connectivity index (χ3n) is 4.75. The second-order valence-electron chi connectivity index (χ2n) is 6.56. The van der Waals surface area contributed by atoms with Crippen LogP contribution in [0.3, 0.4) is 0 Å². The molecule has 1 aliphatic rings. The Balaban J connectivity index is 2.23. The fourth-order valence-electron chi connectivity index (χ4n) is 3.07. The maximum atomic E-state index is 12.6. The number of nitrogens with one attached hydrogen (secondary N) is 1. The van der Waals surface area contributed by atoms with Crippen LogP contribution in [0.2, 0.25) is 0 Å². The molecule has 0 heterocycles. The van der Waals surface area contributed by atoms with Crippen molar-refractivity contribution in [3.63, 3.8) is 0 Å². The standard InChI is InChI=1S/C16H26N2O2S/c1-10-7-15(17)13(4)16(8-10)21(19,20)18-14-6-5-11(2)12(3)9-14/h7-8,11-12,14,18H,5-6,9,17H2,1-4H3. The van der Waals surface area contributed by atoms with Crippen molar-refractivity contribution in [2.45, 2.75) is 57.9 Å². The molecule has 1 fully saturated rings. The van der Waals surface area contributed by atoms with Gasteiger partial charge in [-0.2, -0.15) is 0 Å². The number of rotatable bonds is 3. The molecule has 118 valence electrons. The summed E-state index contributed by atoms with van der Waals surface area (Å²) in [7, 11) is -3.51. The van der Waals surface area contributed by atoms with Gasteiger partial charge in [0.1, 0.15) is 0 Å². The molecular weight excluding hydrogens is 284 g/mol. The first kappa shape index (κ1) is 16.3. The Labute approximate surface area is 128 Å². The van der Waals surface area contributed by atoms with Crippen molar-refractivity contribution in [3.05, 3.63) is 23.3 Å². The van der Waals surface area contributed by atoms with Gasteiger partial charge in [-0.1, -0.05) is 13.8 Å². The van der Waals surface area contributed by atoms with E-state index < -0.39 is 10.0 Å². The van der Waals surface area contributed by atoms with Gasteiger partial charge in [-0.15, -0.1) is 0 Å². The van der Waals surface area contributed by atoms with E-state index in [2.05, 4.69) is 18.6 Å². The number of aryl methyl sites for hydroxylation is 1. The Morgan fingerprint density at radius 3 is 2.43 bits per heavy atom. The average molecular weight is 310 g/mol. The van der Waals surface area contributed by atoms with E-state index in [0.717, 1.165) is 24.8 Å². The molecule has 0 saturated heterocycles. The van der Waals surface area contributed by atoms with Crippen LogP contribution in [0.1, 0.15) is 44.2 Å². The summed E-state index contributed by atoms with van der Waals surface area (Å²) in [6.45, 7) is 8.05. The van der Waals surface area contributed by atoms with Crippen LogP contribution in [0.4, 0.5) is 5.69 Å². The largest absolute Gasteiger partial charge is 0.398 e. The predicted octanol–water partition coefficient (Wildman–Crippen LogP) is 2.99. The van der Waals surface area contributed by atoms with E-state index in [9.17, 15) is 8.42 Å². The van der Waals surface area contributed by atoms with Gasteiger partial charge in [0.15, 0.2) is 0 Å². The van der Waals surface area contributed by atoms with Gasteiger partial charge in [-0.05, 0) is 68.2 Å². The number of anilines is 1. The summed E-state index contributed by atoms with van der Waals surface area (Å²) in [6, 6.07) is 3.53. The molecule has 3 N–H and O–H groups in total. The van der Waals surface area contributed by atoms with E-state index in [1.165, 1.54) is 0 Å². The second-order valence-corrected chi connectivity index (χ2v) is 8.25. The van der Waals surface area contributed by atoms with Crippen molar-refractivity contribution >= 4 is 15.7 Å². The zero-order valence-corrected chi connectivity index (χ0v) is 14.1. The summed E-state index contributed by atoms with van der Waals surface area (Å²) in [6.07, 6.45) is 2.88. The highest BCUT2D eigenvalue weighted by molar-refractivity contribution is 7.89. The molecule has 4 nitrogen and oxygen atoms in total. The number of nitrogens with two attached hydrogens (primary N) is 1. The zero-order chi connectivity index (χ0) is 15.8. The van der Waals surface area contributed by atoms with Gasteiger partial charge in [-0.25, -0.2) is 13.1 Å². The highest BCUT2D eigenvalue weighted by Gasteiger charge is 2.29. The Morgan fingerprint density at radius 2 is 1.81 bits per heavy atom. The van der Waals surface area contributed by atoms with Gasteiger partial charge in [0.2, 0.25) is 10.0 Å². The quantitative estimate of drug-likeness (QED) is 0.843. The lowest BCUT2D eigenvalue weighted by molar-refractivity contribution is 0.242. The minimum absolute atomic E-state index is 0.0299. The lowest BCUT2D eigenvalue weighted by atomic mass is 9.79. The van der Waals surface area contributed by atoms with Crippen LogP contribution < -0.4 is 10.5 Å². The molecule has 5 heteroatoms. The Hall–Kier alpha value is -1.07. The minimum Gasteiger partial charge on any atom is -0.398 e. The first-order valence-electron chi connectivity index (χ1n) is 7.59. The van der Waals surface area contributed by atoms with Gasteiger partial charge in [0, 0.05) is 11.7 Å². The van der Waals surface area contributed by atoms with E-state index in [1.807, 2.05) is 6.92 Å². The summed E-state index contributed by atoms with van der Waals surface area (Å²) in [5, 5.41) is 0.